The van der Waals surface area contributed by atoms with Crippen LogP contribution in [0, 0.1) is 0 Å². The zero-order valence-corrected chi connectivity index (χ0v) is 12.9. The second-order valence-electron chi connectivity index (χ2n) is 4.17. The predicted octanol–water partition coefficient (Wildman–Crippen LogP) is 4.13. The number of nitrogens with one attached hydrogen (secondary N) is 1. The van der Waals surface area contributed by atoms with Crippen LogP contribution in [0.15, 0.2) is 58.3 Å². The third-order valence-corrected chi connectivity index (χ3v) is 3.78. The first-order valence-electron chi connectivity index (χ1n) is 5.98. The third kappa shape index (κ3) is 2.72. The van der Waals surface area contributed by atoms with E-state index in [1.54, 1.807) is 47.6 Å². The van der Waals surface area contributed by atoms with Gasteiger partial charge in [-0.25, -0.2) is 4.98 Å². The molecule has 106 valence electrons. The number of nitrogens with zero attached hydrogens (tertiary/aromatic N) is 2. The van der Waals surface area contributed by atoms with Gasteiger partial charge in [-0.1, -0.05) is 17.7 Å². The number of carbonyl (C=O) groups is 1. The van der Waals surface area contributed by atoms with Gasteiger partial charge >= 0.3 is 0 Å². The molecule has 0 aliphatic carbocycles. The standard InChI is InChI=1S/C14H9BrClN3O2/c15-13-9(4-7-21-13)14(20)18-11-3-1-2-10(16)12(11)19-6-5-17-8-19/h1-8H,(H,18,20). The van der Waals surface area contributed by atoms with Crippen molar-refractivity contribution in [3.05, 3.63) is 64.5 Å². The molecule has 5 nitrogen and oxygen atoms in total. The number of furan rings is 1. The van der Waals surface area contributed by atoms with Crippen molar-refractivity contribution >= 4 is 39.1 Å². The number of rotatable bonds is 3. The van der Waals surface area contributed by atoms with Gasteiger partial charge in [0.25, 0.3) is 5.91 Å². The summed E-state index contributed by atoms with van der Waals surface area (Å²) in [7, 11) is 0. The highest BCUT2D eigenvalue weighted by atomic mass is 79.9. The van der Waals surface area contributed by atoms with E-state index in [0.29, 0.717) is 26.6 Å². The number of benzene rings is 1. The van der Waals surface area contributed by atoms with Crippen LogP contribution in [0.5, 0.6) is 0 Å². The molecule has 0 saturated carbocycles. The minimum absolute atomic E-state index is 0.292. The Kier molecular flexibility index (Phi) is 3.81. The van der Waals surface area contributed by atoms with Crippen LogP contribution in [-0.2, 0) is 0 Å². The quantitative estimate of drug-likeness (QED) is 0.758. The van der Waals surface area contributed by atoms with E-state index >= 15 is 0 Å². The number of hydrogen-bond acceptors (Lipinski definition) is 3. The first-order chi connectivity index (χ1) is 10.2. The highest BCUT2D eigenvalue weighted by Crippen LogP contribution is 2.29. The van der Waals surface area contributed by atoms with Crippen molar-refractivity contribution in [3.63, 3.8) is 0 Å². The first-order valence-corrected chi connectivity index (χ1v) is 7.15. The molecule has 0 atom stereocenters. The lowest BCUT2D eigenvalue weighted by Crippen LogP contribution is -2.13. The molecule has 0 spiro atoms. The summed E-state index contributed by atoms with van der Waals surface area (Å²) in [5.74, 6) is -0.292. The molecule has 2 aromatic heterocycles. The first kappa shape index (κ1) is 13.9. The summed E-state index contributed by atoms with van der Waals surface area (Å²) in [6.07, 6.45) is 6.45. The number of halogens is 2. The Hall–Kier alpha value is -2.05. The lowest BCUT2D eigenvalue weighted by atomic mass is 10.2. The summed E-state index contributed by atoms with van der Waals surface area (Å²) < 4.78 is 7.18. The van der Waals surface area contributed by atoms with Gasteiger partial charge in [-0.15, -0.1) is 0 Å². The van der Waals surface area contributed by atoms with Gasteiger partial charge in [-0.05, 0) is 34.1 Å². The van der Waals surface area contributed by atoms with E-state index in [1.807, 2.05) is 0 Å². The molecule has 0 fully saturated rings. The highest BCUT2D eigenvalue weighted by molar-refractivity contribution is 9.10. The number of anilines is 1. The molecule has 1 N–H and O–H groups in total. The molecule has 2 heterocycles. The molecule has 0 aliphatic heterocycles. The molecule has 0 unspecified atom stereocenters. The zero-order valence-electron chi connectivity index (χ0n) is 10.6. The molecular weight excluding hydrogens is 358 g/mol. The van der Waals surface area contributed by atoms with Crippen LogP contribution in [0.4, 0.5) is 5.69 Å². The van der Waals surface area contributed by atoms with Crippen LogP contribution < -0.4 is 5.32 Å². The van der Waals surface area contributed by atoms with Gasteiger partial charge in [0.05, 0.1) is 34.6 Å². The topological polar surface area (TPSA) is 60.1 Å². The molecule has 1 amide bonds. The highest BCUT2D eigenvalue weighted by Gasteiger charge is 2.16. The molecule has 3 rings (SSSR count). The van der Waals surface area contributed by atoms with E-state index in [4.69, 9.17) is 16.0 Å². The van der Waals surface area contributed by atoms with E-state index in [0.717, 1.165) is 0 Å². The van der Waals surface area contributed by atoms with Gasteiger partial charge < -0.3 is 14.3 Å². The SMILES string of the molecule is O=C(Nc1cccc(Cl)c1-n1ccnc1)c1ccoc1Br. The van der Waals surface area contributed by atoms with Crippen LogP contribution in [0.1, 0.15) is 10.4 Å². The molecule has 1 aromatic carbocycles. The third-order valence-electron chi connectivity index (χ3n) is 2.86. The summed E-state index contributed by atoms with van der Waals surface area (Å²) >= 11 is 9.42. The van der Waals surface area contributed by atoms with Crippen LogP contribution >= 0.6 is 27.5 Å². The van der Waals surface area contributed by atoms with E-state index in [9.17, 15) is 4.79 Å². The Bertz CT molecular complexity index is 783. The van der Waals surface area contributed by atoms with Crippen molar-refractivity contribution in [2.45, 2.75) is 0 Å². The molecule has 7 heteroatoms. The largest absolute Gasteiger partial charge is 0.457 e. The van der Waals surface area contributed by atoms with Gasteiger partial charge in [0.15, 0.2) is 4.67 Å². The van der Waals surface area contributed by atoms with Crippen LogP contribution in [0.2, 0.25) is 5.02 Å². The molecule has 21 heavy (non-hydrogen) atoms. The Balaban J connectivity index is 1.98. The average Bonchev–Trinajstić information content (AvgIpc) is 3.10. The maximum absolute atomic E-state index is 12.3. The smallest absolute Gasteiger partial charge is 0.260 e. The molecule has 0 bridgehead atoms. The van der Waals surface area contributed by atoms with E-state index < -0.39 is 0 Å². The monoisotopic (exact) mass is 365 g/mol. The maximum atomic E-state index is 12.3. The second kappa shape index (κ2) is 5.75. The molecule has 0 saturated heterocycles. The van der Waals surface area contributed by atoms with Crippen LogP contribution in [0.25, 0.3) is 5.69 Å². The average molecular weight is 367 g/mol. The fourth-order valence-corrected chi connectivity index (χ4v) is 2.61. The Morgan fingerprint density at radius 1 is 1.38 bits per heavy atom. The van der Waals surface area contributed by atoms with Crippen molar-refractivity contribution in [1.82, 2.24) is 9.55 Å². The molecule has 0 radical (unpaired) electrons. The minimum atomic E-state index is -0.292. The molecular formula is C14H9BrClN3O2. The summed E-state index contributed by atoms with van der Waals surface area (Å²) in [4.78, 5) is 16.3. The van der Waals surface area contributed by atoms with E-state index in [2.05, 4.69) is 26.2 Å². The van der Waals surface area contributed by atoms with Crippen molar-refractivity contribution in [1.29, 1.82) is 0 Å². The predicted molar refractivity (Wildman–Crippen MR) is 82.9 cm³/mol. The second-order valence-corrected chi connectivity index (χ2v) is 5.30. The van der Waals surface area contributed by atoms with E-state index in [-0.39, 0.29) is 5.91 Å². The summed E-state index contributed by atoms with van der Waals surface area (Å²) in [5.41, 5.74) is 1.65. The van der Waals surface area contributed by atoms with Crippen LogP contribution in [-0.4, -0.2) is 15.5 Å². The van der Waals surface area contributed by atoms with Crippen molar-refractivity contribution in [2.24, 2.45) is 0 Å². The molecule has 0 aliphatic rings. The summed E-state index contributed by atoms with van der Waals surface area (Å²) in [5, 5.41) is 3.33. The lowest BCUT2D eigenvalue weighted by Gasteiger charge is -2.12. The van der Waals surface area contributed by atoms with Crippen molar-refractivity contribution < 1.29 is 9.21 Å². The number of carbonyl (C=O) groups excluding carboxylic acids is 1. The fraction of sp³-hybridized carbons (Fsp3) is 0. The zero-order chi connectivity index (χ0) is 14.8. The van der Waals surface area contributed by atoms with Gasteiger partial charge in [0.1, 0.15) is 0 Å². The van der Waals surface area contributed by atoms with Gasteiger partial charge in [-0.2, -0.15) is 0 Å². The number of hydrogen-bond donors (Lipinski definition) is 1. The Morgan fingerprint density at radius 2 is 2.24 bits per heavy atom. The molecule has 3 aromatic rings. The minimum Gasteiger partial charge on any atom is -0.457 e. The van der Waals surface area contributed by atoms with Crippen molar-refractivity contribution in [3.8, 4) is 5.69 Å². The Morgan fingerprint density at radius 3 is 2.90 bits per heavy atom. The number of para-hydroxylation sites is 1. The number of amides is 1. The van der Waals surface area contributed by atoms with Crippen molar-refractivity contribution in [2.75, 3.05) is 5.32 Å². The van der Waals surface area contributed by atoms with Gasteiger partial charge in [0, 0.05) is 12.4 Å². The number of imidazole rings is 1. The number of aromatic nitrogens is 2. The van der Waals surface area contributed by atoms with Gasteiger partial charge in [0.2, 0.25) is 0 Å². The normalized spacial score (nSPS) is 10.6. The lowest BCUT2D eigenvalue weighted by molar-refractivity contribution is 0.102. The van der Waals surface area contributed by atoms with Crippen LogP contribution in [0.3, 0.4) is 0 Å². The summed E-state index contributed by atoms with van der Waals surface area (Å²) in [6, 6.07) is 6.87. The maximum Gasteiger partial charge on any atom is 0.260 e. The van der Waals surface area contributed by atoms with Gasteiger partial charge in [-0.3, -0.25) is 4.79 Å². The van der Waals surface area contributed by atoms with E-state index in [1.165, 1.54) is 6.26 Å². The summed E-state index contributed by atoms with van der Waals surface area (Å²) in [6.45, 7) is 0. The Labute approximate surface area is 133 Å². The fourth-order valence-electron chi connectivity index (χ4n) is 1.92.